The lowest BCUT2D eigenvalue weighted by molar-refractivity contribution is -0.0917. The predicted molar refractivity (Wildman–Crippen MR) is 65.1 cm³/mol. The van der Waals surface area contributed by atoms with Gasteiger partial charge in [-0.3, -0.25) is 0 Å². The highest BCUT2D eigenvalue weighted by Gasteiger charge is 2.45. The highest BCUT2D eigenvalue weighted by molar-refractivity contribution is 4.95. The average molecular weight is 243 g/mol. The third-order valence-corrected chi connectivity index (χ3v) is 4.43. The third-order valence-electron chi connectivity index (χ3n) is 4.43. The third kappa shape index (κ3) is 3.41. The molecule has 2 fully saturated rings. The van der Waals surface area contributed by atoms with Gasteiger partial charge in [-0.25, -0.2) is 0 Å². The van der Waals surface area contributed by atoms with Gasteiger partial charge in [-0.2, -0.15) is 0 Å². The molecule has 0 aromatic carbocycles. The summed E-state index contributed by atoms with van der Waals surface area (Å²) in [7, 11) is 0. The minimum Gasteiger partial charge on any atom is -0.393 e. The lowest BCUT2D eigenvalue weighted by Gasteiger charge is -2.31. The summed E-state index contributed by atoms with van der Waals surface area (Å²) in [6.07, 6.45) is 6.20. The number of aliphatic hydroxyl groups is 3. The second kappa shape index (κ2) is 5.22. The van der Waals surface area contributed by atoms with E-state index in [-0.39, 0.29) is 12.0 Å². The van der Waals surface area contributed by atoms with Crippen molar-refractivity contribution in [2.75, 3.05) is 0 Å². The molecule has 2 rings (SSSR count). The van der Waals surface area contributed by atoms with E-state index in [4.69, 9.17) is 5.73 Å². The Morgan fingerprint density at radius 1 is 1.12 bits per heavy atom. The van der Waals surface area contributed by atoms with Crippen LogP contribution in [0.4, 0.5) is 0 Å². The van der Waals surface area contributed by atoms with Gasteiger partial charge in [0, 0.05) is 5.92 Å². The summed E-state index contributed by atoms with van der Waals surface area (Å²) in [6.45, 7) is 0. The fourth-order valence-electron chi connectivity index (χ4n) is 2.88. The lowest BCUT2D eigenvalue weighted by atomic mass is 9.83. The Balaban J connectivity index is 1.70. The Morgan fingerprint density at radius 2 is 1.71 bits per heavy atom. The van der Waals surface area contributed by atoms with Crippen LogP contribution in [0.1, 0.15) is 51.4 Å². The van der Waals surface area contributed by atoms with Crippen molar-refractivity contribution in [2.24, 2.45) is 17.6 Å². The molecule has 2 aliphatic rings. The van der Waals surface area contributed by atoms with Crippen molar-refractivity contribution in [3.8, 4) is 0 Å². The van der Waals surface area contributed by atoms with Crippen LogP contribution in [0.15, 0.2) is 0 Å². The van der Waals surface area contributed by atoms with Gasteiger partial charge in [0.2, 0.25) is 0 Å². The molecule has 0 aromatic rings. The minimum absolute atomic E-state index is 0.0886. The Morgan fingerprint density at radius 3 is 2.24 bits per heavy atom. The molecule has 100 valence electrons. The molecule has 0 heterocycles. The van der Waals surface area contributed by atoms with Gasteiger partial charge in [0.1, 0.15) is 5.72 Å². The van der Waals surface area contributed by atoms with Gasteiger partial charge in [0.25, 0.3) is 0 Å². The van der Waals surface area contributed by atoms with E-state index in [2.05, 4.69) is 0 Å². The first kappa shape index (κ1) is 13.3. The summed E-state index contributed by atoms with van der Waals surface area (Å²) in [5.74, 6) is 0.661. The van der Waals surface area contributed by atoms with Gasteiger partial charge in [-0.05, 0) is 57.3 Å². The molecule has 0 aliphatic heterocycles. The summed E-state index contributed by atoms with van der Waals surface area (Å²) in [6, 6.07) is 0. The van der Waals surface area contributed by atoms with Crippen LogP contribution in [0.3, 0.4) is 0 Å². The molecular weight excluding hydrogens is 218 g/mol. The molecule has 4 nitrogen and oxygen atoms in total. The van der Waals surface area contributed by atoms with Gasteiger partial charge in [-0.1, -0.05) is 0 Å². The topological polar surface area (TPSA) is 86.7 Å². The smallest absolute Gasteiger partial charge is 0.142 e. The van der Waals surface area contributed by atoms with E-state index in [1.165, 1.54) is 0 Å². The van der Waals surface area contributed by atoms with Crippen molar-refractivity contribution < 1.29 is 15.3 Å². The molecule has 0 spiro atoms. The number of rotatable bonds is 5. The maximum atomic E-state index is 9.98. The van der Waals surface area contributed by atoms with Crippen LogP contribution in [0, 0.1) is 11.8 Å². The van der Waals surface area contributed by atoms with Gasteiger partial charge < -0.3 is 21.1 Å². The first-order valence-corrected chi connectivity index (χ1v) is 6.87. The molecule has 4 heteroatoms. The number of hydrogen-bond donors (Lipinski definition) is 4. The summed E-state index contributed by atoms with van der Waals surface area (Å²) in [5.41, 5.74) is 4.39. The zero-order valence-electron chi connectivity index (χ0n) is 10.4. The summed E-state index contributed by atoms with van der Waals surface area (Å²) in [4.78, 5) is 0. The number of aliphatic hydroxyl groups excluding tert-OH is 2. The lowest BCUT2D eigenvalue weighted by Crippen LogP contribution is -2.53. The Kier molecular flexibility index (Phi) is 4.08. The molecule has 5 N–H and O–H groups in total. The van der Waals surface area contributed by atoms with Crippen molar-refractivity contribution in [1.29, 1.82) is 0 Å². The molecule has 17 heavy (non-hydrogen) atoms. The first-order chi connectivity index (χ1) is 8.00. The largest absolute Gasteiger partial charge is 0.393 e. The van der Waals surface area contributed by atoms with Gasteiger partial charge in [-0.15, -0.1) is 0 Å². The van der Waals surface area contributed by atoms with E-state index in [0.29, 0.717) is 12.3 Å². The van der Waals surface area contributed by atoms with E-state index < -0.39 is 11.8 Å². The molecule has 2 aliphatic carbocycles. The fourth-order valence-corrected chi connectivity index (χ4v) is 2.88. The predicted octanol–water partition coefficient (Wildman–Crippen LogP) is 0.736. The van der Waals surface area contributed by atoms with Crippen LogP contribution in [-0.4, -0.2) is 33.3 Å². The van der Waals surface area contributed by atoms with Crippen molar-refractivity contribution >= 4 is 0 Å². The molecular formula is C13H25NO3. The average Bonchev–Trinajstić information content (AvgIpc) is 3.11. The van der Waals surface area contributed by atoms with Gasteiger partial charge in [0.05, 0.1) is 12.2 Å². The van der Waals surface area contributed by atoms with Gasteiger partial charge >= 0.3 is 0 Å². The Hall–Kier alpha value is -0.160. The molecule has 2 unspecified atom stereocenters. The van der Waals surface area contributed by atoms with E-state index in [1.54, 1.807) is 0 Å². The Bertz CT molecular complexity index is 245. The minimum atomic E-state index is -1.38. The van der Waals surface area contributed by atoms with Crippen molar-refractivity contribution in [3.05, 3.63) is 0 Å². The molecule has 0 aromatic heterocycles. The zero-order chi connectivity index (χ0) is 12.5. The summed E-state index contributed by atoms with van der Waals surface area (Å²) < 4.78 is 0. The second-order valence-corrected chi connectivity index (χ2v) is 5.93. The number of hydrogen-bond acceptors (Lipinski definition) is 4. The standard InChI is InChI=1S/C13H25NO3/c14-13(17,10-4-5-10)12(16)8-3-9-1-6-11(15)7-2-9/h9-12,15-17H,1-8,14H2. The van der Waals surface area contributed by atoms with Crippen LogP contribution in [0.5, 0.6) is 0 Å². The molecule has 2 atom stereocenters. The van der Waals surface area contributed by atoms with Gasteiger partial charge in [0.15, 0.2) is 0 Å². The van der Waals surface area contributed by atoms with Crippen molar-refractivity contribution in [1.82, 2.24) is 0 Å². The molecule has 0 saturated heterocycles. The van der Waals surface area contributed by atoms with Crippen LogP contribution >= 0.6 is 0 Å². The fraction of sp³-hybridized carbons (Fsp3) is 1.00. The maximum absolute atomic E-state index is 9.98. The van der Waals surface area contributed by atoms with Crippen LogP contribution < -0.4 is 5.73 Å². The van der Waals surface area contributed by atoms with Crippen LogP contribution in [0.25, 0.3) is 0 Å². The van der Waals surface area contributed by atoms with Crippen LogP contribution in [-0.2, 0) is 0 Å². The maximum Gasteiger partial charge on any atom is 0.142 e. The first-order valence-electron chi connectivity index (χ1n) is 6.87. The normalized spacial score (nSPS) is 35.3. The molecule has 2 saturated carbocycles. The highest BCUT2D eigenvalue weighted by atomic mass is 16.4. The highest BCUT2D eigenvalue weighted by Crippen LogP contribution is 2.40. The molecule has 0 amide bonds. The van der Waals surface area contributed by atoms with E-state index in [0.717, 1.165) is 44.9 Å². The van der Waals surface area contributed by atoms with E-state index in [1.807, 2.05) is 0 Å². The zero-order valence-corrected chi connectivity index (χ0v) is 10.4. The second-order valence-electron chi connectivity index (χ2n) is 5.93. The Labute approximate surface area is 103 Å². The quantitative estimate of drug-likeness (QED) is 0.536. The number of nitrogens with two attached hydrogens (primary N) is 1. The van der Waals surface area contributed by atoms with E-state index >= 15 is 0 Å². The summed E-state index contributed by atoms with van der Waals surface area (Å²) >= 11 is 0. The molecule has 0 bridgehead atoms. The summed E-state index contributed by atoms with van der Waals surface area (Å²) in [5, 5.41) is 29.3. The van der Waals surface area contributed by atoms with E-state index in [9.17, 15) is 15.3 Å². The van der Waals surface area contributed by atoms with Crippen LogP contribution in [0.2, 0.25) is 0 Å². The monoisotopic (exact) mass is 243 g/mol. The van der Waals surface area contributed by atoms with Crippen molar-refractivity contribution in [3.63, 3.8) is 0 Å². The SMILES string of the molecule is NC(O)(C(O)CCC1CCC(O)CC1)C1CC1. The molecule has 0 radical (unpaired) electrons. The van der Waals surface area contributed by atoms with Crippen molar-refractivity contribution in [2.45, 2.75) is 69.3 Å².